The van der Waals surface area contributed by atoms with E-state index < -0.39 is 9.84 Å². The minimum absolute atomic E-state index is 0.294. The quantitative estimate of drug-likeness (QED) is 0.843. The van der Waals surface area contributed by atoms with Gasteiger partial charge in [-0.1, -0.05) is 13.0 Å². The fraction of sp³-hybridized carbons (Fsp3) is 0.462. The predicted molar refractivity (Wildman–Crippen MR) is 75.8 cm³/mol. The van der Waals surface area contributed by atoms with Crippen molar-refractivity contribution < 1.29 is 8.42 Å². The lowest BCUT2D eigenvalue weighted by atomic mass is 10.3. The molecule has 19 heavy (non-hydrogen) atoms. The second kappa shape index (κ2) is 5.30. The van der Waals surface area contributed by atoms with Crippen LogP contribution in [0.15, 0.2) is 23.1 Å². The van der Waals surface area contributed by atoms with E-state index in [1.165, 1.54) is 6.26 Å². The number of fused-ring (bicyclic) bond motifs is 1. The van der Waals surface area contributed by atoms with Crippen molar-refractivity contribution >= 4 is 20.9 Å². The van der Waals surface area contributed by atoms with Crippen molar-refractivity contribution in [2.75, 3.05) is 12.8 Å². The van der Waals surface area contributed by atoms with Gasteiger partial charge in [0, 0.05) is 13.3 Å². The Morgan fingerprint density at radius 3 is 2.74 bits per heavy atom. The van der Waals surface area contributed by atoms with E-state index in [0.717, 1.165) is 24.3 Å². The molecule has 0 saturated carbocycles. The maximum Gasteiger partial charge on any atom is 0.177 e. The fourth-order valence-corrected chi connectivity index (χ4v) is 2.90. The lowest BCUT2D eigenvalue weighted by Gasteiger charge is -2.03. The van der Waals surface area contributed by atoms with E-state index in [1.807, 2.05) is 17.7 Å². The summed E-state index contributed by atoms with van der Waals surface area (Å²) in [4.78, 5) is 4.77. The third kappa shape index (κ3) is 2.79. The first-order valence-corrected chi connectivity index (χ1v) is 8.19. The number of aromatic nitrogens is 2. The lowest BCUT2D eigenvalue weighted by molar-refractivity contribution is 0.602. The number of benzene rings is 1. The molecule has 1 aromatic carbocycles. The highest BCUT2D eigenvalue weighted by atomic mass is 32.2. The monoisotopic (exact) mass is 281 g/mol. The summed E-state index contributed by atoms with van der Waals surface area (Å²) in [5.41, 5.74) is 1.40. The molecule has 0 radical (unpaired) electrons. The zero-order valence-electron chi connectivity index (χ0n) is 11.5. The number of rotatable bonds is 5. The molecule has 2 rings (SSSR count). The molecular weight excluding hydrogens is 262 g/mol. The Bertz CT molecular complexity index is 689. The third-order valence-electron chi connectivity index (χ3n) is 3.08. The molecule has 0 aliphatic heterocycles. The molecule has 0 unspecified atom stereocenters. The third-order valence-corrected chi connectivity index (χ3v) is 4.20. The van der Waals surface area contributed by atoms with E-state index in [1.54, 1.807) is 12.1 Å². The molecule has 1 heterocycles. The van der Waals surface area contributed by atoms with Gasteiger partial charge in [-0.25, -0.2) is 13.4 Å². The molecule has 1 aromatic heterocycles. The predicted octanol–water partition coefficient (Wildman–Crippen LogP) is 1.48. The molecule has 0 aliphatic rings. The van der Waals surface area contributed by atoms with Crippen molar-refractivity contribution in [2.45, 2.75) is 24.8 Å². The lowest BCUT2D eigenvalue weighted by Crippen LogP contribution is -2.16. The van der Waals surface area contributed by atoms with E-state index in [0.29, 0.717) is 17.0 Å². The van der Waals surface area contributed by atoms with Gasteiger partial charge in [-0.15, -0.1) is 0 Å². The molecule has 0 aliphatic carbocycles. The van der Waals surface area contributed by atoms with Gasteiger partial charge in [0.25, 0.3) is 0 Å². The molecule has 0 saturated heterocycles. The topological polar surface area (TPSA) is 64.0 Å². The number of hydrogen-bond acceptors (Lipinski definition) is 4. The Balaban J connectivity index is 2.51. The summed E-state index contributed by atoms with van der Waals surface area (Å²) in [7, 11) is -1.35. The second-order valence-corrected chi connectivity index (χ2v) is 6.64. The minimum atomic E-state index is -3.25. The summed E-state index contributed by atoms with van der Waals surface area (Å²) in [6, 6.07) is 5.25. The number of para-hydroxylation sites is 1. The summed E-state index contributed by atoms with van der Waals surface area (Å²) in [5.74, 6) is 0.847. The maximum absolute atomic E-state index is 11.8. The van der Waals surface area contributed by atoms with Crippen molar-refractivity contribution in [3.63, 3.8) is 0 Å². The molecule has 1 N–H and O–H groups in total. The van der Waals surface area contributed by atoms with Crippen LogP contribution < -0.4 is 5.32 Å². The molecule has 0 amide bonds. The van der Waals surface area contributed by atoms with Crippen molar-refractivity contribution in [1.82, 2.24) is 14.9 Å². The maximum atomic E-state index is 11.8. The average molecular weight is 281 g/mol. The highest BCUT2D eigenvalue weighted by Crippen LogP contribution is 2.22. The first kappa shape index (κ1) is 14.0. The van der Waals surface area contributed by atoms with Crippen LogP contribution in [-0.4, -0.2) is 30.8 Å². The van der Waals surface area contributed by atoms with E-state index in [-0.39, 0.29) is 0 Å². The Morgan fingerprint density at radius 1 is 1.37 bits per heavy atom. The van der Waals surface area contributed by atoms with Gasteiger partial charge in [0.15, 0.2) is 9.84 Å². The van der Waals surface area contributed by atoms with Gasteiger partial charge < -0.3 is 9.88 Å². The van der Waals surface area contributed by atoms with Crippen molar-refractivity contribution in [2.24, 2.45) is 7.05 Å². The van der Waals surface area contributed by atoms with Crippen LogP contribution in [0.2, 0.25) is 0 Å². The van der Waals surface area contributed by atoms with E-state index >= 15 is 0 Å². The number of imidazole rings is 1. The van der Waals surface area contributed by atoms with Gasteiger partial charge in [-0.2, -0.15) is 0 Å². The molecule has 2 aromatic rings. The summed E-state index contributed by atoms with van der Waals surface area (Å²) in [5, 5.41) is 3.28. The highest BCUT2D eigenvalue weighted by molar-refractivity contribution is 7.91. The van der Waals surface area contributed by atoms with E-state index in [4.69, 9.17) is 0 Å². The van der Waals surface area contributed by atoms with Crippen LogP contribution in [0.1, 0.15) is 19.2 Å². The number of hydrogen-bond donors (Lipinski definition) is 1. The molecule has 104 valence electrons. The SMILES string of the molecule is CCCNCc1nc2c(S(C)(=O)=O)cccc2n1C. The zero-order valence-corrected chi connectivity index (χ0v) is 12.3. The normalized spacial score (nSPS) is 12.2. The molecule has 0 atom stereocenters. The molecular formula is C13H19N3O2S. The van der Waals surface area contributed by atoms with Gasteiger partial charge in [-0.05, 0) is 25.1 Å². The molecule has 6 heteroatoms. The van der Waals surface area contributed by atoms with E-state index in [9.17, 15) is 8.42 Å². The van der Waals surface area contributed by atoms with Gasteiger partial charge in [0.2, 0.25) is 0 Å². The van der Waals surface area contributed by atoms with Gasteiger partial charge >= 0.3 is 0 Å². The van der Waals surface area contributed by atoms with Crippen LogP contribution in [0.4, 0.5) is 0 Å². The number of aryl methyl sites for hydroxylation is 1. The average Bonchev–Trinajstić information content (AvgIpc) is 2.66. The largest absolute Gasteiger partial charge is 0.330 e. The van der Waals surface area contributed by atoms with Crippen LogP contribution in [0.3, 0.4) is 0 Å². The zero-order chi connectivity index (χ0) is 14.0. The number of sulfone groups is 1. The molecule has 0 spiro atoms. The number of nitrogens with one attached hydrogen (secondary N) is 1. The Hall–Kier alpha value is -1.40. The Morgan fingerprint density at radius 2 is 2.11 bits per heavy atom. The van der Waals surface area contributed by atoms with Gasteiger partial charge in [0.1, 0.15) is 11.3 Å². The van der Waals surface area contributed by atoms with Crippen LogP contribution in [0.25, 0.3) is 11.0 Å². The standard InChI is InChI=1S/C13H19N3O2S/c1-4-8-14-9-12-15-13-10(16(12)2)6-5-7-11(13)19(3,17)18/h5-7,14H,4,8-9H2,1-3H3. The van der Waals surface area contributed by atoms with Gasteiger partial charge in [-0.3, -0.25) is 0 Å². The smallest absolute Gasteiger partial charge is 0.177 e. The Labute approximate surface area is 113 Å². The highest BCUT2D eigenvalue weighted by Gasteiger charge is 2.16. The van der Waals surface area contributed by atoms with Crippen LogP contribution in [0, 0.1) is 0 Å². The fourth-order valence-electron chi connectivity index (χ4n) is 2.07. The first-order valence-electron chi connectivity index (χ1n) is 6.30. The second-order valence-electron chi connectivity index (χ2n) is 4.66. The van der Waals surface area contributed by atoms with Crippen molar-refractivity contribution in [1.29, 1.82) is 0 Å². The van der Waals surface area contributed by atoms with Crippen molar-refractivity contribution in [3.05, 3.63) is 24.0 Å². The van der Waals surface area contributed by atoms with Crippen LogP contribution in [0.5, 0.6) is 0 Å². The molecule has 0 bridgehead atoms. The van der Waals surface area contributed by atoms with Crippen LogP contribution in [-0.2, 0) is 23.4 Å². The van der Waals surface area contributed by atoms with Crippen LogP contribution >= 0.6 is 0 Å². The summed E-state index contributed by atoms with van der Waals surface area (Å²) in [6.45, 7) is 3.66. The first-order chi connectivity index (χ1) is 8.95. The Kier molecular flexibility index (Phi) is 3.91. The van der Waals surface area contributed by atoms with Crippen molar-refractivity contribution in [3.8, 4) is 0 Å². The van der Waals surface area contributed by atoms with Gasteiger partial charge in [0.05, 0.1) is 17.0 Å². The molecule has 0 fully saturated rings. The summed E-state index contributed by atoms with van der Waals surface area (Å²) in [6.07, 6.45) is 2.27. The molecule has 5 nitrogen and oxygen atoms in total. The summed E-state index contributed by atoms with van der Waals surface area (Å²) < 4.78 is 25.5. The van der Waals surface area contributed by atoms with E-state index in [2.05, 4.69) is 17.2 Å². The summed E-state index contributed by atoms with van der Waals surface area (Å²) >= 11 is 0. The number of nitrogens with zero attached hydrogens (tertiary/aromatic N) is 2. The minimum Gasteiger partial charge on any atom is -0.330 e.